The van der Waals surface area contributed by atoms with Crippen LogP contribution in [-0.4, -0.2) is 47.0 Å². The lowest BCUT2D eigenvalue weighted by atomic mass is 10.1. The molecule has 2 heterocycles. The molecule has 7 nitrogen and oxygen atoms in total. The third-order valence-corrected chi connectivity index (χ3v) is 4.61. The summed E-state index contributed by atoms with van der Waals surface area (Å²) in [6.07, 6.45) is 3.92. The maximum atomic E-state index is 5.71. The summed E-state index contributed by atoms with van der Waals surface area (Å²) >= 11 is 0. The lowest BCUT2D eigenvalue weighted by molar-refractivity contribution is 0.317. The molecule has 27 heavy (non-hydrogen) atoms. The lowest BCUT2D eigenvalue weighted by Gasteiger charge is -2.25. The molecule has 7 heteroatoms. The monoisotopic (exact) mass is 370 g/mol. The van der Waals surface area contributed by atoms with Crippen LogP contribution >= 0.6 is 0 Å². The first-order valence-corrected chi connectivity index (χ1v) is 9.77. The van der Waals surface area contributed by atoms with Crippen molar-refractivity contribution in [2.45, 2.75) is 52.1 Å². The first-order valence-electron chi connectivity index (χ1n) is 9.77. The largest absolute Gasteiger partial charge is 0.494 e. The summed E-state index contributed by atoms with van der Waals surface area (Å²) in [6.45, 7) is 6.46. The molecule has 1 aromatic heterocycles. The van der Waals surface area contributed by atoms with Gasteiger partial charge in [0, 0.05) is 26.1 Å². The van der Waals surface area contributed by atoms with Crippen molar-refractivity contribution in [1.82, 2.24) is 25.4 Å². The van der Waals surface area contributed by atoms with Crippen LogP contribution in [-0.2, 0) is 19.4 Å². The molecule has 2 N–H and O–H groups in total. The Morgan fingerprint density at radius 3 is 3.11 bits per heavy atom. The minimum Gasteiger partial charge on any atom is -0.494 e. The molecule has 1 atom stereocenters. The Hall–Kier alpha value is -2.57. The van der Waals surface area contributed by atoms with Gasteiger partial charge >= 0.3 is 0 Å². The Morgan fingerprint density at radius 2 is 2.30 bits per heavy atom. The molecular formula is C20H30N6O. The topological polar surface area (TPSA) is 76.4 Å². The molecule has 3 rings (SSSR count). The highest BCUT2D eigenvalue weighted by Crippen LogP contribution is 2.14. The fourth-order valence-corrected chi connectivity index (χ4v) is 3.28. The van der Waals surface area contributed by atoms with Crippen LogP contribution < -0.4 is 15.4 Å². The van der Waals surface area contributed by atoms with Gasteiger partial charge in [0.25, 0.3) is 0 Å². The van der Waals surface area contributed by atoms with Gasteiger partial charge in [-0.2, -0.15) is 5.10 Å². The van der Waals surface area contributed by atoms with E-state index in [2.05, 4.69) is 44.8 Å². The zero-order valence-corrected chi connectivity index (χ0v) is 16.5. The number of aryl methyl sites for hydroxylation is 2. The minimum atomic E-state index is 0.315. The number of benzene rings is 1. The zero-order valence-electron chi connectivity index (χ0n) is 16.5. The van der Waals surface area contributed by atoms with Gasteiger partial charge in [-0.15, -0.1) is 0 Å². The number of rotatable bonds is 7. The number of ether oxygens (including phenoxy) is 1. The van der Waals surface area contributed by atoms with E-state index in [4.69, 9.17) is 4.74 Å². The predicted molar refractivity (Wildman–Crippen MR) is 107 cm³/mol. The van der Waals surface area contributed by atoms with Crippen LogP contribution in [0.4, 0.5) is 0 Å². The number of fused-ring (bicyclic) bond motifs is 1. The van der Waals surface area contributed by atoms with Crippen molar-refractivity contribution in [1.29, 1.82) is 0 Å². The van der Waals surface area contributed by atoms with E-state index in [-0.39, 0.29) is 0 Å². The molecule has 146 valence electrons. The number of aromatic nitrogens is 3. The van der Waals surface area contributed by atoms with Crippen LogP contribution in [0.3, 0.4) is 0 Å². The molecule has 0 bridgehead atoms. The van der Waals surface area contributed by atoms with Gasteiger partial charge in [-0.25, -0.2) is 9.67 Å². The van der Waals surface area contributed by atoms with E-state index in [1.165, 1.54) is 5.56 Å². The number of nitrogens with zero attached hydrogens (tertiary/aromatic N) is 4. The van der Waals surface area contributed by atoms with E-state index < -0.39 is 0 Å². The lowest BCUT2D eigenvalue weighted by Crippen LogP contribution is -2.47. The Bertz CT molecular complexity index is 770. The second-order valence-electron chi connectivity index (χ2n) is 6.88. The molecule has 1 unspecified atom stereocenters. The first kappa shape index (κ1) is 19.2. The van der Waals surface area contributed by atoms with Crippen LogP contribution in [0.25, 0.3) is 0 Å². The fourth-order valence-electron chi connectivity index (χ4n) is 3.28. The SMILES string of the molecule is CCCOc1cccc(CCNC(=NC)NC2CCc3nc(C)nn3C2)c1. The van der Waals surface area contributed by atoms with Crippen LogP contribution in [0, 0.1) is 6.92 Å². The Kier molecular flexibility index (Phi) is 6.68. The summed E-state index contributed by atoms with van der Waals surface area (Å²) in [7, 11) is 1.81. The molecule has 1 aromatic carbocycles. The molecule has 0 saturated heterocycles. The molecule has 0 aliphatic carbocycles. The van der Waals surface area contributed by atoms with Gasteiger partial charge in [-0.1, -0.05) is 19.1 Å². The highest BCUT2D eigenvalue weighted by Gasteiger charge is 2.21. The number of guanidine groups is 1. The van der Waals surface area contributed by atoms with Gasteiger partial charge in [0.05, 0.1) is 13.2 Å². The van der Waals surface area contributed by atoms with Crippen molar-refractivity contribution in [3.8, 4) is 5.75 Å². The van der Waals surface area contributed by atoms with Crippen LogP contribution in [0.5, 0.6) is 5.75 Å². The highest BCUT2D eigenvalue weighted by molar-refractivity contribution is 5.79. The molecule has 1 aliphatic heterocycles. The van der Waals surface area contributed by atoms with Crippen molar-refractivity contribution in [3.63, 3.8) is 0 Å². The summed E-state index contributed by atoms with van der Waals surface area (Å²) in [4.78, 5) is 8.82. The standard InChI is InChI=1S/C20H30N6O/c1-4-12-27-18-7-5-6-16(13-18)10-11-22-20(21-3)24-17-8-9-19-23-15(2)25-26(19)14-17/h5-7,13,17H,4,8-12,14H2,1-3H3,(H2,21,22,24). The average Bonchev–Trinajstić information content (AvgIpc) is 3.05. The molecule has 0 saturated carbocycles. The van der Waals surface area contributed by atoms with Crippen molar-refractivity contribution in [2.24, 2.45) is 4.99 Å². The van der Waals surface area contributed by atoms with Gasteiger partial charge in [0.1, 0.15) is 17.4 Å². The predicted octanol–water partition coefficient (Wildman–Crippen LogP) is 2.10. The van der Waals surface area contributed by atoms with Crippen molar-refractivity contribution in [3.05, 3.63) is 41.5 Å². The second-order valence-corrected chi connectivity index (χ2v) is 6.88. The summed E-state index contributed by atoms with van der Waals surface area (Å²) in [6, 6.07) is 8.62. The molecular weight excluding hydrogens is 340 g/mol. The summed E-state index contributed by atoms with van der Waals surface area (Å²) in [5.74, 6) is 3.70. The van der Waals surface area contributed by atoms with Crippen LogP contribution in [0.15, 0.2) is 29.3 Å². The third-order valence-electron chi connectivity index (χ3n) is 4.61. The second kappa shape index (κ2) is 9.39. The first-order chi connectivity index (χ1) is 13.2. The van der Waals surface area contributed by atoms with Gasteiger partial charge in [-0.05, 0) is 43.9 Å². The number of aliphatic imine (C=N–C) groups is 1. The van der Waals surface area contributed by atoms with Gasteiger partial charge in [0.15, 0.2) is 5.96 Å². The number of nitrogens with one attached hydrogen (secondary N) is 2. The zero-order chi connectivity index (χ0) is 19.1. The third kappa shape index (κ3) is 5.45. The van der Waals surface area contributed by atoms with E-state index in [0.29, 0.717) is 6.04 Å². The summed E-state index contributed by atoms with van der Waals surface area (Å²) in [5, 5.41) is 11.4. The van der Waals surface area contributed by atoms with Gasteiger partial charge in [0.2, 0.25) is 0 Å². The van der Waals surface area contributed by atoms with Crippen LogP contribution in [0.1, 0.15) is 37.0 Å². The average molecular weight is 371 g/mol. The number of hydrogen-bond acceptors (Lipinski definition) is 4. The Morgan fingerprint density at radius 1 is 1.41 bits per heavy atom. The van der Waals surface area contributed by atoms with E-state index >= 15 is 0 Å². The minimum absolute atomic E-state index is 0.315. The fraction of sp³-hybridized carbons (Fsp3) is 0.550. The molecule has 0 radical (unpaired) electrons. The molecule has 0 amide bonds. The van der Waals surface area contributed by atoms with Gasteiger partial charge < -0.3 is 15.4 Å². The quantitative estimate of drug-likeness (QED) is 0.577. The molecule has 0 fully saturated rings. The molecule has 2 aromatic rings. The van der Waals surface area contributed by atoms with E-state index in [9.17, 15) is 0 Å². The maximum absolute atomic E-state index is 5.71. The smallest absolute Gasteiger partial charge is 0.191 e. The summed E-state index contributed by atoms with van der Waals surface area (Å²) in [5.41, 5.74) is 1.26. The van der Waals surface area contributed by atoms with E-state index in [1.807, 2.05) is 30.8 Å². The van der Waals surface area contributed by atoms with Crippen molar-refractivity contribution >= 4 is 5.96 Å². The Balaban J connectivity index is 1.46. The molecule has 0 spiro atoms. The van der Waals surface area contributed by atoms with Crippen molar-refractivity contribution < 1.29 is 4.74 Å². The van der Waals surface area contributed by atoms with Crippen molar-refractivity contribution in [2.75, 3.05) is 20.2 Å². The van der Waals surface area contributed by atoms with Gasteiger partial charge in [-0.3, -0.25) is 4.99 Å². The maximum Gasteiger partial charge on any atom is 0.191 e. The summed E-state index contributed by atoms with van der Waals surface area (Å²) < 4.78 is 7.71. The van der Waals surface area contributed by atoms with E-state index in [1.54, 1.807) is 0 Å². The highest BCUT2D eigenvalue weighted by atomic mass is 16.5. The number of hydrogen-bond donors (Lipinski definition) is 2. The Labute approximate surface area is 161 Å². The normalized spacial score (nSPS) is 16.7. The molecule has 1 aliphatic rings. The van der Waals surface area contributed by atoms with Crippen LogP contribution in [0.2, 0.25) is 0 Å². The van der Waals surface area contributed by atoms with E-state index in [0.717, 1.165) is 68.7 Å².